The number of hydrogen-bond acceptors (Lipinski definition) is 3. The maximum absolute atomic E-state index is 12.2. The van der Waals surface area contributed by atoms with Crippen LogP contribution in [0.25, 0.3) is 0 Å². The molecule has 1 fully saturated rings. The van der Waals surface area contributed by atoms with Gasteiger partial charge in [-0.3, -0.25) is 9.59 Å². The van der Waals surface area contributed by atoms with Crippen molar-refractivity contribution >= 4 is 11.9 Å². The van der Waals surface area contributed by atoms with Gasteiger partial charge < -0.3 is 14.8 Å². The summed E-state index contributed by atoms with van der Waals surface area (Å²) in [4.78, 5) is 22.9. The van der Waals surface area contributed by atoms with E-state index in [0.717, 1.165) is 25.7 Å². The van der Waals surface area contributed by atoms with E-state index in [1.165, 1.54) is 18.8 Å². The molecule has 2 N–H and O–H groups in total. The fraction of sp³-hybridized carbons (Fsp3) is 0.571. The first-order valence-corrected chi connectivity index (χ1v) is 6.61. The summed E-state index contributed by atoms with van der Waals surface area (Å²) in [5, 5.41) is 11.8. The maximum Gasteiger partial charge on any atom is 0.311 e. The molecule has 0 aliphatic heterocycles. The molecule has 2 rings (SSSR count). The molecule has 1 heterocycles. The maximum atomic E-state index is 12.2. The fourth-order valence-corrected chi connectivity index (χ4v) is 2.62. The summed E-state index contributed by atoms with van der Waals surface area (Å²) in [6, 6.07) is 1.53. The van der Waals surface area contributed by atoms with Crippen molar-refractivity contribution in [3.8, 4) is 0 Å². The highest BCUT2D eigenvalue weighted by atomic mass is 16.4. The topological polar surface area (TPSA) is 79.5 Å². The van der Waals surface area contributed by atoms with Crippen LogP contribution in [-0.2, 0) is 11.2 Å². The molecule has 19 heavy (non-hydrogen) atoms. The molecule has 0 unspecified atom stereocenters. The van der Waals surface area contributed by atoms with Crippen molar-refractivity contribution in [2.45, 2.75) is 51.0 Å². The molecule has 0 radical (unpaired) electrons. The van der Waals surface area contributed by atoms with Gasteiger partial charge in [0.2, 0.25) is 0 Å². The Hall–Kier alpha value is -1.78. The van der Waals surface area contributed by atoms with Gasteiger partial charge in [0, 0.05) is 5.54 Å². The van der Waals surface area contributed by atoms with Gasteiger partial charge in [-0.25, -0.2) is 0 Å². The van der Waals surface area contributed by atoms with Gasteiger partial charge in [-0.1, -0.05) is 19.3 Å². The van der Waals surface area contributed by atoms with Crippen LogP contribution in [0.2, 0.25) is 0 Å². The Morgan fingerprint density at radius 2 is 2.05 bits per heavy atom. The van der Waals surface area contributed by atoms with E-state index in [1.807, 2.05) is 6.92 Å². The smallest absolute Gasteiger partial charge is 0.311 e. The highest BCUT2D eigenvalue weighted by Crippen LogP contribution is 2.28. The van der Waals surface area contributed by atoms with Gasteiger partial charge in [0.1, 0.15) is 12.2 Å². The number of carboxylic acid groups (broad SMARTS) is 1. The van der Waals surface area contributed by atoms with Crippen LogP contribution in [0.15, 0.2) is 16.7 Å². The molecule has 0 saturated heterocycles. The second kappa shape index (κ2) is 5.47. The number of hydrogen-bond donors (Lipinski definition) is 2. The van der Waals surface area contributed by atoms with E-state index in [1.54, 1.807) is 0 Å². The van der Waals surface area contributed by atoms with Gasteiger partial charge >= 0.3 is 5.97 Å². The number of nitrogens with one attached hydrogen (secondary N) is 1. The number of carbonyl (C=O) groups excluding carboxylic acids is 1. The molecule has 104 valence electrons. The largest absolute Gasteiger partial charge is 0.481 e. The molecule has 5 nitrogen and oxygen atoms in total. The molecule has 1 saturated carbocycles. The molecular weight excluding hydrogens is 246 g/mol. The number of carboxylic acids is 1. The SMILES string of the molecule is CC1(NC(=O)c2ccoc2CC(=O)O)CCCCC1. The lowest BCUT2D eigenvalue weighted by Gasteiger charge is -2.34. The zero-order chi connectivity index (χ0) is 13.9. The number of rotatable bonds is 4. The molecule has 1 aliphatic carbocycles. The molecule has 0 bridgehead atoms. The average molecular weight is 265 g/mol. The average Bonchev–Trinajstić information content (AvgIpc) is 2.76. The first-order valence-electron chi connectivity index (χ1n) is 6.61. The van der Waals surface area contributed by atoms with E-state index in [4.69, 9.17) is 9.52 Å². The lowest BCUT2D eigenvalue weighted by atomic mass is 9.83. The van der Waals surface area contributed by atoms with Crippen molar-refractivity contribution in [2.24, 2.45) is 0 Å². The van der Waals surface area contributed by atoms with Gasteiger partial charge in [0.05, 0.1) is 11.8 Å². The van der Waals surface area contributed by atoms with Gasteiger partial charge in [0.15, 0.2) is 0 Å². The lowest BCUT2D eigenvalue weighted by molar-refractivity contribution is -0.136. The highest BCUT2D eigenvalue weighted by Gasteiger charge is 2.30. The van der Waals surface area contributed by atoms with E-state index >= 15 is 0 Å². The molecule has 5 heteroatoms. The second-order valence-corrected chi connectivity index (χ2v) is 5.40. The molecule has 1 aliphatic rings. The summed E-state index contributed by atoms with van der Waals surface area (Å²) in [5.41, 5.74) is 0.141. The van der Waals surface area contributed by atoms with Crippen LogP contribution < -0.4 is 5.32 Å². The Morgan fingerprint density at radius 1 is 1.37 bits per heavy atom. The predicted octanol–water partition coefficient (Wildman–Crippen LogP) is 2.36. The van der Waals surface area contributed by atoms with Crippen molar-refractivity contribution in [3.63, 3.8) is 0 Å². The Balaban J connectivity index is 2.07. The van der Waals surface area contributed by atoms with Gasteiger partial charge in [-0.05, 0) is 25.8 Å². The summed E-state index contributed by atoms with van der Waals surface area (Å²) in [5.74, 6) is -1.04. The summed E-state index contributed by atoms with van der Waals surface area (Å²) in [6.45, 7) is 2.04. The highest BCUT2D eigenvalue weighted by molar-refractivity contribution is 5.96. The van der Waals surface area contributed by atoms with Crippen LogP contribution in [0.1, 0.15) is 55.1 Å². The van der Waals surface area contributed by atoms with Crippen LogP contribution in [0.3, 0.4) is 0 Å². The summed E-state index contributed by atoms with van der Waals surface area (Å²) >= 11 is 0. The molecule has 0 atom stereocenters. The van der Waals surface area contributed by atoms with Crippen molar-refractivity contribution < 1.29 is 19.1 Å². The standard InChI is InChI=1S/C14H19NO4/c1-14(6-3-2-4-7-14)15-13(18)10-5-8-19-11(10)9-12(16)17/h5,8H,2-4,6-7,9H2,1H3,(H,15,18)(H,16,17). The van der Waals surface area contributed by atoms with Crippen molar-refractivity contribution in [3.05, 3.63) is 23.7 Å². The zero-order valence-corrected chi connectivity index (χ0v) is 11.1. The number of amides is 1. The number of furan rings is 1. The monoisotopic (exact) mass is 265 g/mol. The van der Waals surface area contributed by atoms with Gasteiger partial charge in [-0.15, -0.1) is 0 Å². The third-order valence-corrected chi connectivity index (χ3v) is 3.67. The van der Waals surface area contributed by atoms with Crippen LogP contribution in [0.4, 0.5) is 0 Å². The normalized spacial score (nSPS) is 17.9. The minimum absolute atomic E-state index is 0.187. The van der Waals surface area contributed by atoms with E-state index in [0.29, 0.717) is 5.56 Å². The van der Waals surface area contributed by atoms with Crippen molar-refractivity contribution in [1.82, 2.24) is 5.32 Å². The van der Waals surface area contributed by atoms with E-state index in [9.17, 15) is 9.59 Å². The van der Waals surface area contributed by atoms with E-state index < -0.39 is 5.97 Å². The first-order chi connectivity index (χ1) is 9.00. The predicted molar refractivity (Wildman–Crippen MR) is 69.0 cm³/mol. The van der Waals surface area contributed by atoms with Crippen molar-refractivity contribution in [1.29, 1.82) is 0 Å². The zero-order valence-electron chi connectivity index (χ0n) is 11.1. The van der Waals surface area contributed by atoms with Crippen LogP contribution in [0.5, 0.6) is 0 Å². The van der Waals surface area contributed by atoms with Gasteiger partial charge in [0.25, 0.3) is 5.91 Å². The van der Waals surface area contributed by atoms with E-state index in [2.05, 4.69) is 5.32 Å². The van der Waals surface area contributed by atoms with Crippen LogP contribution >= 0.6 is 0 Å². The number of carbonyl (C=O) groups is 2. The summed E-state index contributed by atoms with van der Waals surface area (Å²) in [7, 11) is 0. The first kappa shape index (κ1) is 13.6. The van der Waals surface area contributed by atoms with Gasteiger partial charge in [-0.2, -0.15) is 0 Å². The molecule has 0 spiro atoms. The Labute approximate surface area is 112 Å². The minimum atomic E-state index is -1.01. The molecule has 0 aromatic carbocycles. The van der Waals surface area contributed by atoms with Crippen LogP contribution in [0, 0.1) is 0 Å². The Bertz CT molecular complexity index is 472. The summed E-state index contributed by atoms with van der Waals surface area (Å²) < 4.78 is 5.08. The molecule has 1 aromatic rings. The Kier molecular flexibility index (Phi) is 3.93. The van der Waals surface area contributed by atoms with Crippen molar-refractivity contribution in [2.75, 3.05) is 0 Å². The lowest BCUT2D eigenvalue weighted by Crippen LogP contribution is -2.47. The third kappa shape index (κ3) is 3.36. The molecule has 1 aromatic heterocycles. The minimum Gasteiger partial charge on any atom is -0.481 e. The molecular formula is C14H19NO4. The Morgan fingerprint density at radius 3 is 2.68 bits per heavy atom. The molecule has 1 amide bonds. The van der Waals surface area contributed by atoms with E-state index in [-0.39, 0.29) is 23.6 Å². The second-order valence-electron chi connectivity index (χ2n) is 5.40. The number of aliphatic carboxylic acids is 1. The quantitative estimate of drug-likeness (QED) is 0.875. The fourth-order valence-electron chi connectivity index (χ4n) is 2.62. The summed E-state index contributed by atoms with van der Waals surface area (Å²) in [6.07, 6.45) is 6.45. The van der Waals surface area contributed by atoms with Crippen LogP contribution in [-0.4, -0.2) is 22.5 Å². The third-order valence-electron chi connectivity index (χ3n) is 3.67.